The lowest BCUT2D eigenvalue weighted by molar-refractivity contribution is -0.117. The molecule has 0 radical (unpaired) electrons. The third kappa shape index (κ3) is 3.93. The first-order valence-electron chi connectivity index (χ1n) is 7.84. The first kappa shape index (κ1) is 15.3. The van der Waals surface area contributed by atoms with Gasteiger partial charge in [-0.2, -0.15) is 0 Å². The molecule has 4 unspecified atom stereocenters. The molecule has 2 aliphatic rings. The van der Waals surface area contributed by atoms with Gasteiger partial charge in [0.1, 0.15) is 0 Å². The molecule has 2 aliphatic heterocycles. The molecule has 2 rings (SSSR count). The maximum Gasteiger partial charge on any atom is 0.0730 e. The second kappa shape index (κ2) is 6.11. The van der Waals surface area contributed by atoms with Gasteiger partial charge in [-0.3, -0.25) is 0 Å². The molecule has 2 fully saturated rings. The zero-order chi connectivity index (χ0) is 14.0. The van der Waals surface area contributed by atoms with Crippen LogP contribution < -0.4 is 0 Å². The van der Waals surface area contributed by atoms with Gasteiger partial charge in [-0.15, -0.1) is 0 Å². The number of rotatable bonds is 3. The molecular weight excluding hydrogens is 238 g/mol. The third-order valence-electron chi connectivity index (χ3n) is 5.15. The Balaban J connectivity index is 1.88. The molecule has 0 bridgehead atoms. The van der Waals surface area contributed by atoms with Crippen LogP contribution in [0.2, 0.25) is 0 Å². The lowest BCUT2D eigenvalue weighted by Crippen LogP contribution is -2.47. The van der Waals surface area contributed by atoms with E-state index in [1.165, 1.54) is 12.8 Å². The summed E-state index contributed by atoms with van der Waals surface area (Å²) in [7, 11) is 2.19. The summed E-state index contributed by atoms with van der Waals surface area (Å²) in [6, 6.07) is 0. The Kier molecular flexibility index (Phi) is 4.91. The molecule has 0 saturated carbocycles. The van der Waals surface area contributed by atoms with Crippen molar-refractivity contribution in [1.29, 1.82) is 0 Å². The van der Waals surface area contributed by atoms with E-state index >= 15 is 0 Å². The van der Waals surface area contributed by atoms with E-state index < -0.39 is 0 Å². The Morgan fingerprint density at radius 1 is 1.26 bits per heavy atom. The average molecular weight is 269 g/mol. The molecule has 2 heterocycles. The van der Waals surface area contributed by atoms with Crippen molar-refractivity contribution in [2.45, 2.75) is 65.3 Å². The van der Waals surface area contributed by atoms with E-state index in [-0.39, 0.29) is 0 Å². The second-order valence-corrected chi connectivity index (χ2v) is 7.28. The van der Waals surface area contributed by atoms with Gasteiger partial charge in [-0.25, -0.2) is 0 Å². The van der Waals surface area contributed by atoms with Crippen LogP contribution in [0.1, 0.15) is 47.0 Å². The SMILES string of the molecule is CC1CN(C)CC(CC2CC(C)(C(C)C)CCO2)O1. The third-order valence-corrected chi connectivity index (χ3v) is 5.15. The van der Waals surface area contributed by atoms with Crippen LogP contribution in [0.15, 0.2) is 0 Å². The summed E-state index contributed by atoms with van der Waals surface area (Å²) < 4.78 is 12.1. The quantitative estimate of drug-likeness (QED) is 0.786. The molecule has 4 atom stereocenters. The molecule has 112 valence electrons. The molecule has 0 aromatic heterocycles. The van der Waals surface area contributed by atoms with Crippen molar-refractivity contribution in [2.75, 3.05) is 26.7 Å². The highest BCUT2D eigenvalue weighted by atomic mass is 16.5. The molecule has 0 amide bonds. The summed E-state index contributed by atoms with van der Waals surface area (Å²) in [4.78, 5) is 2.38. The minimum Gasteiger partial charge on any atom is -0.378 e. The monoisotopic (exact) mass is 269 g/mol. The summed E-state index contributed by atoms with van der Waals surface area (Å²) in [5.74, 6) is 0.729. The van der Waals surface area contributed by atoms with Crippen LogP contribution in [-0.4, -0.2) is 50.0 Å². The van der Waals surface area contributed by atoms with Gasteiger partial charge in [0, 0.05) is 26.1 Å². The van der Waals surface area contributed by atoms with E-state index in [2.05, 4.69) is 39.6 Å². The number of likely N-dealkylation sites (N-methyl/N-ethyl adjacent to an activating group) is 1. The minimum absolute atomic E-state index is 0.341. The Morgan fingerprint density at radius 3 is 2.63 bits per heavy atom. The average Bonchev–Trinajstić information content (AvgIpc) is 2.27. The number of hydrogen-bond donors (Lipinski definition) is 0. The fourth-order valence-corrected chi connectivity index (χ4v) is 3.51. The Morgan fingerprint density at radius 2 is 2.00 bits per heavy atom. The minimum atomic E-state index is 0.341. The second-order valence-electron chi connectivity index (χ2n) is 7.28. The first-order valence-corrected chi connectivity index (χ1v) is 7.84. The molecule has 3 heteroatoms. The van der Waals surface area contributed by atoms with Gasteiger partial charge in [0.25, 0.3) is 0 Å². The van der Waals surface area contributed by atoms with Crippen molar-refractivity contribution in [2.24, 2.45) is 11.3 Å². The van der Waals surface area contributed by atoms with Gasteiger partial charge < -0.3 is 14.4 Å². The molecule has 0 aliphatic carbocycles. The van der Waals surface area contributed by atoms with Crippen molar-refractivity contribution >= 4 is 0 Å². The highest BCUT2D eigenvalue weighted by molar-refractivity contribution is 4.87. The molecule has 3 nitrogen and oxygen atoms in total. The normalized spacial score (nSPS) is 41.7. The van der Waals surface area contributed by atoms with E-state index in [1.54, 1.807) is 0 Å². The smallest absolute Gasteiger partial charge is 0.0730 e. The van der Waals surface area contributed by atoms with Crippen molar-refractivity contribution < 1.29 is 9.47 Å². The highest BCUT2D eigenvalue weighted by Gasteiger charge is 2.37. The first-order chi connectivity index (χ1) is 8.89. The number of hydrogen-bond acceptors (Lipinski definition) is 3. The summed E-state index contributed by atoms with van der Waals surface area (Å²) in [5, 5.41) is 0. The topological polar surface area (TPSA) is 21.7 Å². The Labute approximate surface area is 118 Å². The van der Waals surface area contributed by atoms with Crippen LogP contribution in [0, 0.1) is 11.3 Å². The predicted octanol–water partition coefficient (Wildman–Crippen LogP) is 2.94. The molecule has 19 heavy (non-hydrogen) atoms. The zero-order valence-electron chi connectivity index (χ0n) is 13.3. The van der Waals surface area contributed by atoms with Crippen LogP contribution in [0.5, 0.6) is 0 Å². The van der Waals surface area contributed by atoms with Crippen molar-refractivity contribution in [3.8, 4) is 0 Å². The van der Waals surface area contributed by atoms with Crippen LogP contribution in [0.3, 0.4) is 0 Å². The van der Waals surface area contributed by atoms with E-state index in [0.29, 0.717) is 23.7 Å². The van der Waals surface area contributed by atoms with E-state index in [9.17, 15) is 0 Å². The van der Waals surface area contributed by atoms with E-state index in [0.717, 1.165) is 32.0 Å². The van der Waals surface area contributed by atoms with Crippen LogP contribution in [0.4, 0.5) is 0 Å². The number of morpholine rings is 1. The van der Waals surface area contributed by atoms with Gasteiger partial charge in [-0.05, 0) is 38.1 Å². The van der Waals surface area contributed by atoms with Gasteiger partial charge in [0.05, 0.1) is 18.3 Å². The van der Waals surface area contributed by atoms with Gasteiger partial charge in [0.2, 0.25) is 0 Å². The number of nitrogens with zero attached hydrogens (tertiary/aromatic N) is 1. The predicted molar refractivity (Wildman–Crippen MR) is 78.4 cm³/mol. The highest BCUT2D eigenvalue weighted by Crippen LogP contribution is 2.41. The van der Waals surface area contributed by atoms with Gasteiger partial charge >= 0.3 is 0 Å². The van der Waals surface area contributed by atoms with E-state index in [4.69, 9.17) is 9.47 Å². The Hall–Kier alpha value is -0.120. The maximum absolute atomic E-state index is 6.07. The van der Waals surface area contributed by atoms with Crippen LogP contribution in [-0.2, 0) is 9.47 Å². The Bertz CT molecular complexity index is 284. The largest absolute Gasteiger partial charge is 0.378 e. The molecule has 0 spiro atoms. The lowest BCUT2D eigenvalue weighted by atomic mass is 9.71. The molecule has 0 N–H and O–H groups in total. The van der Waals surface area contributed by atoms with Crippen LogP contribution >= 0.6 is 0 Å². The molecule has 0 aromatic rings. The fourth-order valence-electron chi connectivity index (χ4n) is 3.51. The molecular formula is C16H31NO2. The lowest BCUT2D eigenvalue weighted by Gasteiger charge is -2.43. The summed E-state index contributed by atoms with van der Waals surface area (Å²) in [5.41, 5.74) is 0.440. The summed E-state index contributed by atoms with van der Waals surface area (Å²) >= 11 is 0. The standard InChI is InChI=1S/C16H31NO2/c1-12(2)16(4)6-7-18-14(9-16)8-15-11-17(5)10-13(3)19-15/h12-15H,6-11H2,1-5H3. The fraction of sp³-hybridized carbons (Fsp3) is 1.00. The summed E-state index contributed by atoms with van der Waals surface area (Å²) in [6.45, 7) is 12.3. The zero-order valence-corrected chi connectivity index (χ0v) is 13.3. The molecule has 0 aromatic carbocycles. The van der Waals surface area contributed by atoms with Crippen LogP contribution in [0.25, 0.3) is 0 Å². The molecule has 2 saturated heterocycles. The van der Waals surface area contributed by atoms with Crippen molar-refractivity contribution in [3.63, 3.8) is 0 Å². The van der Waals surface area contributed by atoms with Crippen molar-refractivity contribution in [3.05, 3.63) is 0 Å². The summed E-state index contributed by atoms with van der Waals surface area (Å²) in [6.07, 6.45) is 4.50. The van der Waals surface area contributed by atoms with Gasteiger partial charge in [-0.1, -0.05) is 20.8 Å². The van der Waals surface area contributed by atoms with E-state index in [1.807, 2.05) is 0 Å². The van der Waals surface area contributed by atoms with Gasteiger partial charge in [0.15, 0.2) is 0 Å². The maximum atomic E-state index is 6.07. The number of ether oxygens (including phenoxy) is 2. The van der Waals surface area contributed by atoms with Crippen molar-refractivity contribution in [1.82, 2.24) is 4.90 Å².